The summed E-state index contributed by atoms with van der Waals surface area (Å²) >= 11 is 0. The van der Waals surface area contributed by atoms with Crippen molar-refractivity contribution in [3.63, 3.8) is 0 Å². The second-order valence-corrected chi connectivity index (χ2v) is 6.16. The van der Waals surface area contributed by atoms with Crippen LogP contribution < -0.4 is 11.1 Å². The second-order valence-electron chi connectivity index (χ2n) is 6.16. The van der Waals surface area contributed by atoms with Gasteiger partial charge in [-0.3, -0.25) is 9.78 Å². The van der Waals surface area contributed by atoms with Crippen molar-refractivity contribution in [1.29, 1.82) is 0 Å². The van der Waals surface area contributed by atoms with Crippen molar-refractivity contribution in [2.24, 2.45) is 11.1 Å². The summed E-state index contributed by atoms with van der Waals surface area (Å²) in [5.41, 5.74) is 8.21. The van der Waals surface area contributed by atoms with E-state index in [1.807, 2.05) is 58.0 Å². The fourth-order valence-corrected chi connectivity index (χ4v) is 2.01. The van der Waals surface area contributed by atoms with E-state index in [0.717, 1.165) is 22.3 Å². The van der Waals surface area contributed by atoms with Crippen LogP contribution in [0.5, 0.6) is 0 Å². The van der Waals surface area contributed by atoms with E-state index in [-0.39, 0.29) is 11.3 Å². The Morgan fingerprint density at radius 1 is 1.30 bits per heavy atom. The summed E-state index contributed by atoms with van der Waals surface area (Å²) in [6.45, 7) is 7.76. The van der Waals surface area contributed by atoms with Crippen molar-refractivity contribution in [3.05, 3.63) is 36.0 Å². The van der Waals surface area contributed by atoms with Gasteiger partial charge in [0.2, 0.25) is 5.91 Å². The fourth-order valence-electron chi connectivity index (χ4n) is 2.01. The van der Waals surface area contributed by atoms with Gasteiger partial charge in [-0.05, 0) is 24.5 Å². The molecule has 0 unspecified atom stereocenters. The molecule has 2 rings (SSSR count). The molecule has 1 atom stereocenters. The van der Waals surface area contributed by atoms with Crippen molar-refractivity contribution in [2.75, 3.05) is 5.32 Å². The number of nitrogens with two attached hydrogens (primary N) is 1. The Morgan fingerprint density at radius 3 is 2.60 bits per heavy atom. The van der Waals surface area contributed by atoms with Crippen molar-refractivity contribution < 1.29 is 4.79 Å². The minimum atomic E-state index is -0.560. The van der Waals surface area contributed by atoms with Crippen LogP contribution in [0.4, 0.5) is 5.69 Å². The third-order valence-electron chi connectivity index (χ3n) is 3.32. The molecule has 20 heavy (non-hydrogen) atoms. The van der Waals surface area contributed by atoms with Gasteiger partial charge in [-0.25, -0.2) is 0 Å². The molecule has 0 spiro atoms. The highest BCUT2D eigenvalue weighted by molar-refractivity contribution is 6.03. The number of nitrogens with one attached hydrogen (secondary N) is 1. The van der Waals surface area contributed by atoms with Crippen LogP contribution in [0.2, 0.25) is 0 Å². The molecule has 0 bridgehead atoms. The molecule has 106 valence electrons. The predicted molar refractivity (Wildman–Crippen MR) is 82.5 cm³/mol. The number of fused-ring (bicyclic) bond motifs is 1. The molecule has 4 nitrogen and oxygen atoms in total. The standard InChI is InChI=1S/C16H21N3O/c1-10-9-13(11-7-5-6-8-12(11)18-10)19-15(20)14(17)16(2,3)4/h5-9,14H,17H2,1-4H3,(H,18,19,20)/t14-/m1/s1. The maximum absolute atomic E-state index is 12.3. The molecule has 0 aliphatic heterocycles. The molecule has 0 radical (unpaired) electrons. The summed E-state index contributed by atoms with van der Waals surface area (Å²) in [4.78, 5) is 16.7. The summed E-state index contributed by atoms with van der Waals surface area (Å²) < 4.78 is 0. The van der Waals surface area contributed by atoms with E-state index >= 15 is 0 Å². The number of aromatic nitrogens is 1. The zero-order valence-corrected chi connectivity index (χ0v) is 12.4. The first-order valence-electron chi connectivity index (χ1n) is 6.72. The van der Waals surface area contributed by atoms with Gasteiger partial charge < -0.3 is 11.1 Å². The number of carbonyl (C=O) groups is 1. The molecule has 0 aliphatic rings. The molecular weight excluding hydrogens is 250 g/mol. The van der Waals surface area contributed by atoms with E-state index in [4.69, 9.17) is 5.73 Å². The number of rotatable bonds is 2. The van der Waals surface area contributed by atoms with E-state index in [2.05, 4.69) is 10.3 Å². The molecule has 2 aromatic rings. The molecule has 1 aromatic carbocycles. The Labute approximate surface area is 119 Å². The Balaban J connectivity index is 2.37. The Bertz CT molecular complexity index is 644. The summed E-state index contributed by atoms with van der Waals surface area (Å²) in [5, 5.41) is 3.85. The molecule has 3 N–H and O–H groups in total. The monoisotopic (exact) mass is 271 g/mol. The molecule has 1 aromatic heterocycles. The topological polar surface area (TPSA) is 68.0 Å². The molecule has 0 fully saturated rings. The Morgan fingerprint density at radius 2 is 1.95 bits per heavy atom. The Kier molecular flexibility index (Phi) is 3.77. The minimum Gasteiger partial charge on any atom is -0.324 e. The number of nitrogens with zero attached hydrogens (tertiary/aromatic N) is 1. The van der Waals surface area contributed by atoms with Crippen LogP contribution in [0.15, 0.2) is 30.3 Å². The number of carbonyl (C=O) groups excluding carboxylic acids is 1. The van der Waals surface area contributed by atoms with Gasteiger partial charge in [0.25, 0.3) is 0 Å². The highest BCUT2D eigenvalue weighted by Crippen LogP contribution is 2.24. The van der Waals surface area contributed by atoms with Gasteiger partial charge in [-0.2, -0.15) is 0 Å². The number of anilines is 1. The lowest BCUT2D eigenvalue weighted by molar-refractivity contribution is -0.119. The molecule has 1 amide bonds. The van der Waals surface area contributed by atoms with Gasteiger partial charge in [0.1, 0.15) is 0 Å². The average Bonchev–Trinajstić information content (AvgIpc) is 2.36. The zero-order valence-electron chi connectivity index (χ0n) is 12.4. The normalized spacial score (nSPS) is 13.2. The van der Waals surface area contributed by atoms with Crippen LogP contribution in [0.25, 0.3) is 10.9 Å². The van der Waals surface area contributed by atoms with Gasteiger partial charge >= 0.3 is 0 Å². The summed E-state index contributed by atoms with van der Waals surface area (Å²) in [6, 6.07) is 9.05. The lowest BCUT2D eigenvalue weighted by atomic mass is 9.87. The zero-order chi connectivity index (χ0) is 14.9. The van der Waals surface area contributed by atoms with Gasteiger partial charge in [-0.15, -0.1) is 0 Å². The second kappa shape index (κ2) is 5.21. The van der Waals surface area contributed by atoms with Crippen LogP contribution in [-0.2, 0) is 4.79 Å². The van der Waals surface area contributed by atoms with Gasteiger partial charge in [0.05, 0.1) is 17.2 Å². The number of hydrogen-bond acceptors (Lipinski definition) is 3. The van der Waals surface area contributed by atoms with Crippen LogP contribution in [-0.4, -0.2) is 16.9 Å². The first-order valence-corrected chi connectivity index (χ1v) is 6.72. The van der Waals surface area contributed by atoms with E-state index in [1.165, 1.54) is 0 Å². The third-order valence-corrected chi connectivity index (χ3v) is 3.32. The van der Waals surface area contributed by atoms with E-state index in [9.17, 15) is 4.79 Å². The number of hydrogen-bond donors (Lipinski definition) is 2. The highest BCUT2D eigenvalue weighted by atomic mass is 16.2. The molecule has 1 heterocycles. The van der Waals surface area contributed by atoms with Crippen molar-refractivity contribution in [1.82, 2.24) is 4.98 Å². The summed E-state index contributed by atoms with van der Waals surface area (Å²) in [7, 11) is 0. The largest absolute Gasteiger partial charge is 0.324 e. The third kappa shape index (κ3) is 2.96. The fraction of sp³-hybridized carbons (Fsp3) is 0.375. The highest BCUT2D eigenvalue weighted by Gasteiger charge is 2.27. The molecule has 0 aliphatic carbocycles. The number of pyridine rings is 1. The molecular formula is C16H21N3O. The van der Waals surface area contributed by atoms with Crippen molar-refractivity contribution >= 4 is 22.5 Å². The minimum absolute atomic E-state index is 0.173. The molecule has 0 saturated heterocycles. The Hall–Kier alpha value is -1.94. The average molecular weight is 271 g/mol. The van der Waals surface area contributed by atoms with Crippen LogP contribution in [0, 0.1) is 12.3 Å². The lowest BCUT2D eigenvalue weighted by Crippen LogP contribution is -2.45. The summed E-state index contributed by atoms with van der Waals surface area (Å²) in [6.07, 6.45) is 0. The molecule has 4 heteroatoms. The van der Waals surface area contributed by atoms with Crippen LogP contribution >= 0.6 is 0 Å². The van der Waals surface area contributed by atoms with E-state index in [0.29, 0.717) is 0 Å². The van der Waals surface area contributed by atoms with E-state index in [1.54, 1.807) is 0 Å². The number of aryl methyl sites for hydroxylation is 1. The first kappa shape index (κ1) is 14.5. The smallest absolute Gasteiger partial charge is 0.241 e. The number of amides is 1. The summed E-state index contributed by atoms with van der Waals surface area (Å²) in [5.74, 6) is -0.173. The van der Waals surface area contributed by atoms with Crippen molar-refractivity contribution in [2.45, 2.75) is 33.7 Å². The van der Waals surface area contributed by atoms with Crippen LogP contribution in [0.3, 0.4) is 0 Å². The van der Waals surface area contributed by atoms with Crippen molar-refractivity contribution in [3.8, 4) is 0 Å². The molecule has 0 saturated carbocycles. The number of para-hydroxylation sites is 1. The number of benzene rings is 1. The quantitative estimate of drug-likeness (QED) is 0.882. The maximum Gasteiger partial charge on any atom is 0.241 e. The van der Waals surface area contributed by atoms with Gasteiger partial charge in [0.15, 0.2) is 0 Å². The van der Waals surface area contributed by atoms with Gasteiger partial charge in [-0.1, -0.05) is 39.0 Å². The lowest BCUT2D eigenvalue weighted by Gasteiger charge is -2.26. The van der Waals surface area contributed by atoms with Crippen LogP contribution in [0.1, 0.15) is 26.5 Å². The first-order chi connectivity index (χ1) is 9.29. The predicted octanol–water partition coefficient (Wildman–Crippen LogP) is 2.86. The maximum atomic E-state index is 12.3. The SMILES string of the molecule is Cc1cc(NC(=O)[C@@H](N)C(C)(C)C)c2ccccc2n1. The van der Waals surface area contributed by atoms with Gasteiger partial charge in [0, 0.05) is 11.1 Å². The van der Waals surface area contributed by atoms with E-state index < -0.39 is 6.04 Å².